The molecule has 0 aliphatic carbocycles. The highest BCUT2D eigenvalue weighted by molar-refractivity contribution is 5.69. The van der Waals surface area contributed by atoms with E-state index in [2.05, 4.69) is 9.97 Å². The number of hydrazine groups is 1. The van der Waals surface area contributed by atoms with Gasteiger partial charge in [0.05, 0.1) is 17.7 Å². The first-order valence-electron chi connectivity index (χ1n) is 8.04. The summed E-state index contributed by atoms with van der Waals surface area (Å²) in [7, 11) is 0. The lowest BCUT2D eigenvalue weighted by Gasteiger charge is -2.14. The maximum Gasteiger partial charge on any atom is 0.434 e. The number of nitrogens with two attached hydrogens (primary N) is 2. The van der Waals surface area contributed by atoms with Crippen LogP contribution in [-0.4, -0.2) is 20.7 Å². The molecule has 3 rings (SSSR count). The van der Waals surface area contributed by atoms with Crippen LogP contribution in [0.3, 0.4) is 0 Å². The van der Waals surface area contributed by atoms with Gasteiger partial charge in [-0.1, -0.05) is 12.1 Å². The Kier molecular flexibility index (Phi) is 5.32. The average molecular weight is 392 g/mol. The van der Waals surface area contributed by atoms with Crippen molar-refractivity contribution in [2.24, 2.45) is 11.6 Å². The Morgan fingerprint density at radius 3 is 2.43 bits per heavy atom. The van der Waals surface area contributed by atoms with Gasteiger partial charge in [-0.05, 0) is 29.8 Å². The second-order valence-corrected chi connectivity index (χ2v) is 5.92. The van der Waals surface area contributed by atoms with Crippen LogP contribution >= 0.6 is 0 Å². The molecule has 0 saturated heterocycles. The molecule has 0 unspecified atom stereocenters. The molecule has 1 aromatic carbocycles. The molecule has 0 spiro atoms. The van der Waals surface area contributed by atoms with Crippen molar-refractivity contribution in [3.05, 3.63) is 77.8 Å². The van der Waals surface area contributed by atoms with Gasteiger partial charge in [0.2, 0.25) is 0 Å². The molecule has 6 nitrogen and oxygen atoms in total. The summed E-state index contributed by atoms with van der Waals surface area (Å²) in [6.45, 7) is 0.449. The van der Waals surface area contributed by atoms with Crippen LogP contribution in [0.25, 0.3) is 17.1 Å². The second-order valence-electron chi connectivity index (χ2n) is 5.92. The average Bonchev–Trinajstić information content (AvgIpc) is 3.11. The van der Waals surface area contributed by atoms with Crippen LogP contribution in [0.1, 0.15) is 11.1 Å². The highest BCUT2D eigenvalue weighted by atomic mass is 19.4. The van der Waals surface area contributed by atoms with Gasteiger partial charge in [-0.15, -0.1) is 0 Å². The molecule has 0 saturated carbocycles. The Balaban J connectivity index is 1.88. The molecule has 0 bridgehead atoms. The molecule has 0 fully saturated rings. The van der Waals surface area contributed by atoms with E-state index < -0.39 is 17.6 Å². The summed E-state index contributed by atoms with van der Waals surface area (Å²) in [6.07, 6.45) is -0.157. The van der Waals surface area contributed by atoms with Crippen molar-refractivity contribution in [2.45, 2.75) is 12.7 Å². The maximum atomic E-state index is 13.0. The number of imidazole rings is 1. The zero-order valence-corrected chi connectivity index (χ0v) is 14.4. The van der Waals surface area contributed by atoms with E-state index in [1.807, 2.05) is 0 Å². The van der Waals surface area contributed by atoms with Crippen molar-refractivity contribution in [2.75, 3.05) is 0 Å². The summed E-state index contributed by atoms with van der Waals surface area (Å²) < 4.78 is 53.7. The van der Waals surface area contributed by atoms with Crippen molar-refractivity contribution < 1.29 is 17.6 Å². The van der Waals surface area contributed by atoms with E-state index in [0.29, 0.717) is 17.9 Å². The fourth-order valence-corrected chi connectivity index (χ4v) is 2.57. The predicted octanol–water partition coefficient (Wildman–Crippen LogP) is 2.79. The number of rotatable bonds is 5. The van der Waals surface area contributed by atoms with Crippen LogP contribution in [0.4, 0.5) is 17.6 Å². The third-order valence-electron chi connectivity index (χ3n) is 3.94. The number of pyridine rings is 1. The molecular weight excluding hydrogens is 376 g/mol. The Hall–Kier alpha value is -3.40. The Morgan fingerprint density at radius 2 is 1.79 bits per heavy atom. The monoisotopic (exact) mass is 392 g/mol. The van der Waals surface area contributed by atoms with Gasteiger partial charge in [-0.25, -0.2) is 9.37 Å². The van der Waals surface area contributed by atoms with Crippen LogP contribution < -0.4 is 17.0 Å². The molecule has 0 amide bonds. The number of benzene rings is 1. The third-order valence-corrected chi connectivity index (χ3v) is 3.94. The number of aromatic nitrogens is 3. The van der Waals surface area contributed by atoms with Gasteiger partial charge in [0.1, 0.15) is 11.5 Å². The SMILES string of the molecule is NN/C(=C(\N)c1ccnc(-c2cn(Cc3ccc(F)cc3)cn2)c1)C(F)(F)F. The van der Waals surface area contributed by atoms with Crippen LogP contribution in [0.2, 0.25) is 0 Å². The van der Waals surface area contributed by atoms with E-state index in [1.54, 1.807) is 34.6 Å². The van der Waals surface area contributed by atoms with Gasteiger partial charge in [0.15, 0.2) is 5.70 Å². The zero-order chi connectivity index (χ0) is 20.3. The summed E-state index contributed by atoms with van der Waals surface area (Å²) in [5.41, 5.74) is 7.20. The van der Waals surface area contributed by atoms with Crippen LogP contribution in [-0.2, 0) is 6.54 Å². The molecule has 28 heavy (non-hydrogen) atoms. The molecule has 2 heterocycles. The van der Waals surface area contributed by atoms with Gasteiger partial charge in [-0.3, -0.25) is 10.8 Å². The Morgan fingerprint density at radius 1 is 1.07 bits per heavy atom. The van der Waals surface area contributed by atoms with Crippen molar-refractivity contribution >= 4 is 5.70 Å². The summed E-state index contributed by atoms with van der Waals surface area (Å²) in [4.78, 5) is 8.36. The molecule has 0 aliphatic heterocycles. The lowest BCUT2D eigenvalue weighted by molar-refractivity contribution is -0.0961. The first-order valence-corrected chi connectivity index (χ1v) is 8.04. The van der Waals surface area contributed by atoms with Crippen molar-refractivity contribution in [3.63, 3.8) is 0 Å². The summed E-state index contributed by atoms with van der Waals surface area (Å²) in [5, 5.41) is 0. The van der Waals surface area contributed by atoms with Crippen molar-refractivity contribution in [1.29, 1.82) is 0 Å². The smallest absolute Gasteiger partial charge is 0.397 e. The Labute approximate surface area is 157 Å². The number of alkyl halides is 3. The summed E-state index contributed by atoms with van der Waals surface area (Å²) in [5.74, 6) is 4.64. The second kappa shape index (κ2) is 7.69. The largest absolute Gasteiger partial charge is 0.434 e. The van der Waals surface area contributed by atoms with E-state index in [0.717, 1.165) is 5.56 Å². The molecule has 0 atom stereocenters. The predicted molar refractivity (Wildman–Crippen MR) is 95.4 cm³/mol. The molecule has 10 heteroatoms. The zero-order valence-electron chi connectivity index (χ0n) is 14.4. The quantitative estimate of drug-likeness (QED) is 0.353. The summed E-state index contributed by atoms with van der Waals surface area (Å²) in [6, 6.07) is 8.75. The highest BCUT2D eigenvalue weighted by Gasteiger charge is 2.36. The van der Waals surface area contributed by atoms with Gasteiger partial charge in [-0.2, -0.15) is 13.2 Å². The molecule has 2 aromatic heterocycles. The number of hydrogen-bond acceptors (Lipinski definition) is 5. The van der Waals surface area contributed by atoms with Gasteiger partial charge in [0.25, 0.3) is 0 Å². The highest BCUT2D eigenvalue weighted by Crippen LogP contribution is 2.28. The maximum absolute atomic E-state index is 13.0. The van der Waals surface area contributed by atoms with Crippen molar-refractivity contribution in [1.82, 2.24) is 20.0 Å². The van der Waals surface area contributed by atoms with Gasteiger partial charge in [0, 0.05) is 24.5 Å². The topological polar surface area (TPSA) is 94.8 Å². The number of halogens is 4. The normalized spacial score (nSPS) is 12.6. The molecule has 3 aromatic rings. The minimum Gasteiger partial charge on any atom is -0.397 e. The summed E-state index contributed by atoms with van der Waals surface area (Å²) >= 11 is 0. The molecule has 146 valence electrons. The minimum atomic E-state index is -4.72. The lowest BCUT2D eigenvalue weighted by atomic mass is 10.1. The van der Waals surface area contributed by atoms with Crippen LogP contribution in [0, 0.1) is 5.82 Å². The van der Waals surface area contributed by atoms with Crippen LogP contribution in [0.5, 0.6) is 0 Å². The van der Waals surface area contributed by atoms with Gasteiger partial charge < -0.3 is 15.7 Å². The van der Waals surface area contributed by atoms with Gasteiger partial charge >= 0.3 is 6.18 Å². The molecule has 0 radical (unpaired) electrons. The lowest BCUT2D eigenvalue weighted by Crippen LogP contribution is -2.34. The van der Waals surface area contributed by atoms with Crippen LogP contribution in [0.15, 0.2) is 60.8 Å². The standard InChI is InChI=1S/C18H16F4N6/c19-13-3-1-11(2-4-13)8-28-9-15(26-10-28)14-7-12(5-6-25-14)16(23)17(27-24)18(20,21)22/h1-7,9-10,27H,8,23-24H2/b17-16-. The van der Waals surface area contributed by atoms with E-state index in [9.17, 15) is 17.6 Å². The van der Waals surface area contributed by atoms with E-state index >= 15 is 0 Å². The molecule has 5 N–H and O–H groups in total. The number of nitrogens with one attached hydrogen (secondary N) is 1. The van der Waals surface area contributed by atoms with Crippen molar-refractivity contribution in [3.8, 4) is 11.4 Å². The number of nitrogens with zero attached hydrogens (tertiary/aromatic N) is 3. The fraction of sp³-hybridized carbons (Fsp3) is 0.111. The fourth-order valence-electron chi connectivity index (χ4n) is 2.57. The van der Waals surface area contributed by atoms with E-state index in [-0.39, 0.29) is 11.4 Å². The number of allylic oxidation sites excluding steroid dienone is 1. The molecular formula is C18H16F4N6. The first-order chi connectivity index (χ1) is 13.3. The number of hydrogen-bond donors (Lipinski definition) is 3. The molecule has 0 aliphatic rings. The first kappa shape index (κ1) is 19.4. The Bertz CT molecular complexity index is 992. The van der Waals surface area contributed by atoms with E-state index in [4.69, 9.17) is 11.6 Å². The minimum absolute atomic E-state index is 0.100. The third kappa shape index (κ3) is 4.29. The van der Waals surface area contributed by atoms with E-state index in [1.165, 1.54) is 30.5 Å².